The van der Waals surface area contributed by atoms with Gasteiger partial charge < -0.3 is 15.0 Å². The standard InChI is InChI=1S/C14H17N3O2/c1-11-3-2-4-13(12(11)9-15)16-10-14(18)17-5-7-19-8-6-17/h2-4,16H,5-8,10H2,1H3. The number of hydrogen-bond donors (Lipinski definition) is 1. The van der Waals surface area contributed by atoms with Crippen LogP contribution in [0.4, 0.5) is 5.69 Å². The van der Waals surface area contributed by atoms with Crippen molar-refractivity contribution in [1.82, 2.24) is 4.90 Å². The SMILES string of the molecule is Cc1cccc(NCC(=O)N2CCOCC2)c1C#N. The van der Waals surface area contributed by atoms with Gasteiger partial charge in [-0.2, -0.15) is 5.26 Å². The molecule has 19 heavy (non-hydrogen) atoms. The summed E-state index contributed by atoms with van der Waals surface area (Å²) in [6.45, 7) is 4.56. The van der Waals surface area contributed by atoms with Gasteiger partial charge in [0.15, 0.2) is 0 Å². The van der Waals surface area contributed by atoms with Crippen LogP contribution in [0.15, 0.2) is 18.2 Å². The van der Waals surface area contributed by atoms with Gasteiger partial charge in [-0.3, -0.25) is 4.79 Å². The van der Waals surface area contributed by atoms with Crippen LogP contribution >= 0.6 is 0 Å². The highest BCUT2D eigenvalue weighted by atomic mass is 16.5. The molecule has 1 N–H and O–H groups in total. The molecule has 1 fully saturated rings. The summed E-state index contributed by atoms with van der Waals surface area (Å²) >= 11 is 0. The number of nitrogens with one attached hydrogen (secondary N) is 1. The van der Waals surface area contributed by atoms with E-state index in [2.05, 4.69) is 11.4 Å². The molecule has 1 aromatic rings. The highest BCUT2D eigenvalue weighted by molar-refractivity contribution is 5.81. The zero-order valence-corrected chi connectivity index (χ0v) is 11.0. The molecule has 5 nitrogen and oxygen atoms in total. The topological polar surface area (TPSA) is 65.4 Å². The van der Waals surface area contributed by atoms with E-state index in [4.69, 9.17) is 10.00 Å². The third-order valence-electron chi connectivity index (χ3n) is 3.18. The lowest BCUT2D eigenvalue weighted by molar-refractivity contribution is -0.133. The summed E-state index contributed by atoms with van der Waals surface area (Å²) in [6.07, 6.45) is 0. The lowest BCUT2D eigenvalue weighted by atomic mass is 10.1. The van der Waals surface area contributed by atoms with Crippen molar-refractivity contribution in [3.05, 3.63) is 29.3 Å². The molecule has 0 saturated carbocycles. The van der Waals surface area contributed by atoms with Crippen LogP contribution in [-0.4, -0.2) is 43.7 Å². The number of benzene rings is 1. The Morgan fingerprint density at radius 2 is 2.21 bits per heavy atom. The number of carbonyl (C=O) groups is 1. The van der Waals surface area contributed by atoms with Crippen LogP contribution in [-0.2, 0) is 9.53 Å². The Morgan fingerprint density at radius 1 is 1.47 bits per heavy atom. The minimum Gasteiger partial charge on any atom is -0.378 e. The molecule has 0 bridgehead atoms. The van der Waals surface area contributed by atoms with Crippen LogP contribution in [0.25, 0.3) is 0 Å². The van der Waals surface area contributed by atoms with Gasteiger partial charge >= 0.3 is 0 Å². The smallest absolute Gasteiger partial charge is 0.242 e. The molecule has 0 aromatic heterocycles. The van der Waals surface area contributed by atoms with E-state index in [1.807, 2.05) is 25.1 Å². The van der Waals surface area contributed by atoms with E-state index in [0.717, 1.165) is 5.56 Å². The molecule has 0 unspecified atom stereocenters. The Kier molecular flexibility index (Phi) is 4.37. The van der Waals surface area contributed by atoms with E-state index >= 15 is 0 Å². The number of amides is 1. The zero-order valence-electron chi connectivity index (χ0n) is 11.0. The maximum absolute atomic E-state index is 12.0. The fourth-order valence-corrected chi connectivity index (χ4v) is 2.06. The van der Waals surface area contributed by atoms with Crippen LogP contribution in [0, 0.1) is 18.3 Å². The molecule has 0 atom stereocenters. The quantitative estimate of drug-likeness (QED) is 0.884. The second-order valence-corrected chi connectivity index (χ2v) is 4.46. The Labute approximate surface area is 112 Å². The van der Waals surface area contributed by atoms with Crippen LogP contribution < -0.4 is 5.32 Å². The first-order valence-electron chi connectivity index (χ1n) is 6.31. The number of carbonyl (C=O) groups excluding carboxylic acids is 1. The lowest BCUT2D eigenvalue weighted by Crippen LogP contribution is -2.43. The number of rotatable bonds is 3. The largest absolute Gasteiger partial charge is 0.378 e. The van der Waals surface area contributed by atoms with Gasteiger partial charge in [-0.05, 0) is 18.6 Å². The van der Waals surface area contributed by atoms with Crippen molar-refractivity contribution >= 4 is 11.6 Å². The van der Waals surface area contributed by atoms with Gasteiger partial charge in [0.25, 0.3) is 0 Å². The fraction of sp³-hybridized carbons (Fsp3) is 0.429. The van der Waals surface area contributed by atoms with Gasteiger partial charge in [-0.1, -0.05) is 12.1 Å². The molecule has 100 valence electrons. The van der Waals surface area contributed by atoms with Crippen molar-refractivity contribution in [2.24, 2.45) is 0 Å². The number of ether oxygens (including phenoxy) is 1. The highest BCUT2D eigenvalue weighted by Crippen LogP contribution is 2.18. The minimum absolute atomic E-state index is 0.0358. The van der Waals surface area contributed by atoms with Crippen molar-refractivity contribution in [3.8, 4) is 6.07 Å². The number of morpholine rings is 1. The molecule has 5 heteroatoms. The summed E-state index contributed by atoms with van der Waals surface area (Å²) < 4.78 is 5.21. The van der Waals surface area contributed by atoms with Crippen LogP contribution in [0.3, 0.4) is 0 Å². The summed E-state index contributed by atoms with van der Waals surface area (Å²) in [7, 11) is 0. The molecule has 1 aliphatic rings. The van der Waals surface area contributed by atoms with Crippen molar-refractivity contribution in [2.75, 3.05) is 38.2 Å². The van der Waals surface area contributed by atoms with Crippen molar-refractivity contribution in [2.45, 2.75) is 6.92 Å². The monoisotopic (exact) mass is 259 g/mol. The summed E-state index contributed by atoms with van der Waals surface area (Å²) in [5.41, 5.74) is 2.22. The Hall–Kier alpha value is -2.06. The molecule has 1 saturated heterocycles. The Bertz CT molecular complexity index is 502. The van der Waals surface area contributed by atoms with Crippen LogP contribution in [0.1, 0.15) is 11.1 Å². The van der Waals surface area contributed by atoms with Gasteiger partial charge in [0, 0.05) is 13.1 Å². The average Bonchev–Trinajstić information content (AvgIpc) is 2.45. The van der Waals surface area contributed by atoms with E-state index < -0.39 is 0 Å². The second-order valence-electron chi connectivity index (χ2n) is 4.46. The molecule has 1 amide bonds. The van der Waals surface area contributed by atoms with Gasteiger partial charge in [-0.15, -0.1) is 0 Å². The highest BCUT2D eigenvalue weighted by Gasteiger charge is 2.16. The maximum atomic E-state index is 12.0. The summed E-state index contributed by atoms with van der Waals surface area (Å²) in [4.78, 5) is 13.8. The third-order valence-corrected chi connectivity index (χ3v) is 3.18. The first-order chi connectivity index (χ1) is 9.22. The summed E-state index contributed by atoms with van der Waals surface area (Å²) in [5.74, 6) is 0.0358. The molecular formula is C14H17N3O2. The normalized spacial score (nSPS) is 14.8. The number of aryl methyl sites for hydroxylation is 1. The van der Waals surface area contributed by atoms with E-state index in [0.29, 0.717) is 37.6 Å². The minimum atomic E-state index is 0.0358. The maximum Gasteiger partial charge on any atom is 0.242 e. The van der Waals surface area contributed by atoms with Gasteiger partial charge in [0.1, 0.15) is 6.07 Å². The first-order valence-corrected chi connectivity index (χ1v) is 6.31. The van der Waals surface area contributed by atoms with E-state index in [1.54, 1.807) is 4.90 Å². The lowest BCUT2D eigenvalue weighted by Gasteiger charge is -2.27. The molecule has 0 aliphatic carbocycles. The fourth-order valence-electron chi connectivity index (χ4n) is 2.06. The Balaban J connectivity index is 1.97. The summed E-state index contributed by atoms with van der Waals surface area (Å²) in [5, 5.41) is 12.2. The molecule has 1 aliphatic heterocycles. The van der Waals surface area contributed by atoms with Gasteiger partial charge in [0.2, 0.25) is 5.91 Å². The van der Waals surface area contributed by atoms with Crippen LogP contribution in [0.5, 0.6) is 0 Å². The number of anilines is 1. The first kappa shape index (κ1) is 13.4. The van der Waals surface area contributed by atoms with Gasteiger partial charge in [0.05, 0.1) is 31.0 Å². The number of nitrogens with zero attached hydrogens (tertiary/aromatic N) is 2. The molecule has 0 spiro atoms. The Morgan fingerprint density at radius 3 is 2.89 bits per heavy atom. The van der Waals surface area contributed by atoms with Crippen molar-refractivity contribution in [3.63, 3.8) is 0 Å². The molecule has 1 aromatic carbocycles. The second kappa shape index (κ2) is 6.21. The van der Waals surface area contributed by atoms with Gasteiger partial charge in [-0.25, -0.2) is 0 Å². The van der Waals surface area contributed by atoms with E-state index in [1.165, 1.54) is 0 Å². The van der Waals surface area contributed by atoms with Crippen molar-refractivity contribution in [1.29, 1.82) is 5.26 Å². The number of hydrogen-bond acceptors (Lipinski definition) is 4. The van der Waals surface area contributed by atoms with Crippen LogP contribution in [0.2, 0.25) is 0 Å². The number of nitriles is 1. The molecule has 0 radical (unpaired) electrons. The molecular weight excluding hydrogens is 242 g/mol. The summed E-state index contributed by atoms with van der Waals surface area (Å²) in [6, 6.07) is 7.73. The van der Waals surface area contributed by atoms with E-state index in [-0.39, 0.29) is 12.5 Å². The predicted octanol–water partition coefficient (Wildman–Crippen LogP) is 1.14. The average molecular weight is 259 g/mol. The van der Waals surface area contributed by atoms with Crippen molar-refractivity contribution < 1.29 is 9.53 Å². The predicted molar refractivity (Wildman–Crippen MR) is 71.8 cm³/mol. The molecule has 2 rings (SSSR count). The third kappa shape index (κ3) is 3.24. The zero-order chi connectivity index (χ0) is 13.7. The van der Waals surface area contributed by atoms with E-state index in [9.17, 15) is 4.79 Å². The molecule has 1 heterocycles.